The largest absolute Gasteiger partial charge is 0.394 e. The Bertz CT molecular complexity index is 1280. The first-order chi connectivity index (χ1) is 15.4. The number of benzene rings is 3. The summed E-state index contributed by atoms with van der Waals surface area (Å²) in [6.07, 6.45) is 0.636. The minimum Gasteiger partial charge on any atom is -0.394 e. The van der Waals surface area contributed by atoms with Gasteiger partial charge in [-0.1, -0.05) is 42.5 Å². The normalized spacial score (nSPS) is 22.8. The van der Waals surface area contributed by atoms with Crippen LogP contribution in [0.2, 0.25) is 0 Å². The Balaban J connectivity index is 1.65. The lowest BCUT2D eigenvalue weighted by molar-refractivity contribution is 0.210. The molecule has 5 rings (SSSR count). The molecule has 0 spiro atoms. The van der Waals surface area contributed by atoms with Crippen LogP contribution in [0.1, 0.15) is 23.6 Å². The molecule has 0 saturated carbocycles. The number of aliphatic hydroxyl groups excluding tert-OH is 1. The van der Waals surface area contributed by atoms with E-state index in [1.165, 1.54) is 6.07 Å². The predicted molar refractivity (Wildman–Crippen MR) is 122 cm³/mol. The second-order valence-corrected chi connectivity index (χ2v) is 10.4. The van der Waals surface area contributed by atoms with Gasteiger partial charge in [0.1, 0.15) is 5.82 Å². The van der Waals surface area contributed by atoms with E-state index in [0.29, 0.717) is 34.6 Å². The van der Waals surface area contributed by atoms with Crippen molar-refractivity contribution in [3.63, 3.8) is 0 Å². The molecule has 5 nitrogen and oxygen atoms in total. The van der Waals surface area contributed by atoms with E-state index in [1.54, 1.807) is 47.6 Å². The zero-order valence-electron chi connectivity index (χ0n) is 17.7. The van der Waals surface area contributed by atoms with E-state index in [-0.39, 0.29) is 24.4 Å². The Morgan fingerprint density at radius 2 is 1.84 bits per heavy atom. The van der Waals surface area contributed by atoms with Gasteiger partial charge in [-0.3, -0.25) is 0 Å². The van der Waals surface area contributed by atoms with Crippen molar-refractivity contribution < 1.29 is 17.9 Å². The first-order valence-corrected chi connectivity index (χ1v) is 12.2. The Morgan fingerprint density at radius 3 is 2.59 bits per heavy atom. The van der Waals surface area contributed by atoms with Crippen molar-refractivity contribution in [3.8, 4) is 11.1 Å². The van der Waals surface area contributed by atoms with E-state index in [1.807, 2.05) is 24.3 Å². The van der Waals surface area contributed by atoms with Crippen LogP contribution in [-0.2, 0) is 10.0 Å². The highest BCUT2D eigenvalue weighted by molar-refractivity contribution is 7.89. The monoisotopic (exact) mass is 452 g/mol. The Labute approximate surface area is 187 Å². The molecule has 2 N–H and O–H groups in total. The van der Waals surface area contributed by atoms with Crippen LogP contribution in [0, 0.1) is 18.7 Å². The molecule has 1 saturated heterocycles. The summed E-state index contributed by atoms with van der Waals surface area (Å²) in [6.45, 7) is 2.07. The van der Waals surface area contributed by atoms with Gasteiger partial charge in [0.05, 0.1) is 23.6 Å². The molecule has 3 aromatic carbocycles. The van der Waals surface area contributed by atoms with E-state index < -0.39 is 16.1 Å². The number of nitrogens with one attached hydrogen (secondary N) is 1. The molecule has 0 aliphatic carbocycles. The number of rotatable bonds is 4. The smallest absolute Gasteiger partial charge is 0.243 e. The molecule has 0 bridgehead atoms. The molecule has 3 aromatic rings. The van der Waals surface area contributed by atoms with Crippen molar-refractivity contribution in [1.29, 1.82) is 0 Å². The van der Waals surface area contributed by atoms with Crippen LogP contribution in [0.4, 0.5) is 10.1 Å². The molecule has 166 valence electrons. The van der Waals surface area contributed by atoms with E-state index in [9.17, 15) is 17.9 Å². The van der Waals surface area contributed by atoms with Crippen molar-refractivity contribution >= 4 is 15.7 Å². The molecule has 0 radical (unpaired) electrons. The summed E-state index contributed by atoms with van der Waals surface area (Å²) >= 11 is 0. The zero-order valence-corrected chi connectivity index (χ0v) is 18.5. The highest BCUT2D eigenvalue weighted by Gasteiger charge is 2.48. The minimum atomic E-state index is -3.75. The van der Waals surface area contributed by atoms with Gasteiger partial charge in [0, 0.05) is 23.7 Å². The standard InChI is InChI=1S/C25H25FN2O3S/c1-16-6-2-5-9-24(16)32(30,31)28-13-12-19-23(15-29)27-22-11-10-17(14-20(22)25(19)28)18-7-3-4-8-21(18)26/h2-11,14,19,23,25,27,29H,12-13,15H2,1H3/t19-,23-,25-/m1/s1. The molecular formula is C25H25FN2O3S. The van der Waals surface area contributed by atoms with Gasteiger partial charge in [0.15, 0.2) is 0 Å². The van der Waals surface area contributed by atoms with Crippen LogP contribution in [-0.4, -0.2) is 37.0 Å². The molecule has 0 amide bonds. The molecule has 1 fully saturated rings. The number of aryl methyl sites for hydroxylation is 1. The Morgan fingerprint density at radius 1 is 1.09 bits per heavy atom. The number of aliphatic hydroxyl groups is 1. The molecule has 2 aliphatic heterocycles. The lowest BCUT2D eigenvalue weighted by Crippen LogP contribution is -2.42. The fourth-order valence-corrected chi connectivity index (χ4v) is 7.02. The van der Waals surface area contributed by atoms with E-state index >= 15 is 0 Å². The number of halogens is 1. The van der Waals surface area contributed by atoms with Crippen molar-refractivity contribution in [2.45, 2.75) is 30.3 Å². The van der Waals surface area contributed by atoms with Crippen LogP contribution in [0.5, 0.6) is 0 Å². The molecule has 2 heterocycles. The molecular weight excluding hydrogens is 427 g/mol. The first-order valence-electron chi connectivity index (χ1n) is 10.8. The first kappa shape index (κ1) is 21.1. The number of fused-ring (bicyclic) bond motifs is 3. The van der Waals surface area contributed by atoms with Crippen molar-refractivity contribution in [3.05, 3.63) is 83.7 Å². The Hall–Kier alpha value is -2.74. The number of anilines is 1. The molecule has 7 heteroatoms. The highest BCUT2D eigenvalue weighted by atomic mass is 32.2. The van der Waals surface area contributed by atoms with Crippen LogP contribution < -0.4 is 5.32 Å². The summed E-state index contributed by atoms with van der Waals surface area (Å²) in [7, 11) is -3.75. The van der Waals surface area contributed by atoms with Crippen LogP contribution in [0.15, 0.2) is 71.6 Å². The number of hydrogen-bond donors (Lipinski definition) is 2. The fourth-order valence-electron chi connectivity index (χ4n) is 5.13. The summed E-state index contributed by atoms with van der Waals surface area (Å²) in [5, 5.41) is 13.4. The molecule has 3 atom stereocenters. The third kappa shape index (κ3) is 3.32. The number of hydrogen-bond acceptors (Lipinski definition) is 4. The van der Waals surface area contributed by atoms with Crippen molar-refractivity contribution in [1.82, 2.24) is 4.31 Å². The summed E-state index contributed by atoms with van der Waals surface area (Å²) in [6, 6.07) is 18.4. The van der Waals surface area contributed by atoms with Crippen LogP contribution in [0.25, 0.3) is 11.1 Å². The van der Waals surface area contributed by atoms with Gasteiger partial charge < -0.3 is 10.4 Å². The average Bonchev–Trinajstić information content (AvgIpc) is 3.25. The van der Waals surface area contributed by atoms with Crippen LogP contribution >= 0.6 is 0 Å². The second kappa shape index (κ2) is 7.99. The molecule has 32 heavy (non-hydrogen) atoms. The van der Waals surface area contributed by atoms with Gasteiger partial charge in [-0.25, -0.2) is 12.8 Å². The quantitative estimate of drug-likeness (QED) is 0.618. The Kier molecular flexibility index (Phi) is 5.28. The van der Waals surface area contributed by atoms with Gasteiger partial charge in [-0.15, -0.1) is 0 Å². The second-order valence-electron chi connectivity index (χ2n) is 8.49. The SMILES string of the molecule is Cc1ccccc1S(=O)(=O)N1CC[C@@H]2[C@@H](CO)Nc3ccc(-c4ccccc4F)cc3[C@@H]21. The summed E-state index contributed by atoms with van der Waals surface area (Å²) in [4.78, 5) is 0.298. The maximum Gasteiger partial charge on any atom is 0.243 e. The van der Waals surface area contributed by atoms with E-state index in [4.69, 9.17) is 0 Å². The van der Waals surface area contributed by atoms with Gasteiger partial charge in [-0.2, -0.15) is 4.31 Å². The third-order valence-corrected chi connectivity index (χ3v) is 8.73. The molecule has 0 unspecified atom stereocenters. The number of sulfonamides is 1. The van der Waals surface area contributed by atoms with Gasteiger partial charge >= 0.3 is 0 Å². The summed E-state index contributed by atoms with van der Waals surface area (Å²) in [5.74, 6) is -0.404. The number of nitrogens with zero attached hydrogens (tertiary/aromatic N) is 1. The summed E-state index contributed by atoms with van der Waals surface area (Å²) in [5.41, 5.74) is 3.46. The van der Waals surface area contributed by atoms with Gasteiger partial charge in [-0.05, 0) is 54.3 Å². The average molecular weight is 453 g/mol. The van der Waals surface area contributed by atoms with Gasteiger partial charge in [0.2, 0.25) is 10.0 Å². The lowest BCUT2D eigenvalue weighted by atomic mass is 9.82. The van der Waals surface area contributed by atoms with Crippen molar-refractivity contribution in [2.24, 2.45) is 5.92 Å². The topological polar surface area (TPSA) is 69.6 Å². The molecule has 2 aliphatic rings. The van der Waals surface area contributed by atoms with Crippen LogP contribution in [0.3, 0.4) is 0 Å². The molecule has 0 aromatic heterocycles. The third-order valence-electron chi connectivity index (χ3n) is 6.69. The minimum absolute atomic E-state index is 0.0813. The summed E-state index contributed by atoms with van der Waals surface area (Å²) < 4.78 is 43.4. The maximum absolute atomic E-state index is 14.5. The fraction of sp³-hybridized carbons (Fsp3) is 0.280. The van der Waals surface area contributed by atoms with Crippen molar-refractivity contribution in [2.75, 3.05) is 18.5 Å². The highest BCUT2D eigenvalue weighted by Crippen LogP contribution is 2.49. The lowest BCUT2D eigenvalue weighted by Gasteiger charge is -2.39. The zero-order chi connectivity index (χ0) is 22.5. The van der Waals surface area contributed by atoms with E-state index in [2.05, 4.69) is 5.32 Å². The maximum atomic E-state index is 14.5. The van der Waals surface area contributed by atoms with E-state index in [0.717, 1.165) is 11.3 Å². The predicted octanol–water partition coefficient (Wildman–Crippen LogP) is 4.34. The van der Waals surface area contributed by atoms with Gasteiger partial charge in [0.25, 0.3) is 0 Å².